The molecule has 0 heterocycles. The van der Waals surface area contributed by atoms with Crippen molar-refractivity contribution >= 4 is 11.9 Å². The number of carboxylic acid groups (broad SMARTS) is 1. The first-order valence-electron chi connectivity index (χ1n) is 6.20. The van der Waals surface area contributed by atoms with Crippen LogP contribution in [0.5, 0.6) is 0 Å². The minimum atomic E-state index is -0.871. The van der Waals surface area contributed by atoms with Crippen molar-refractivity contribution in [2.24, 2.45) is 11.8 Å². The Kier molecular flexibility index (Phi) is 3.65. The van der Waals surface area contributed by atoms with Crippen LogP contribution in [0, 0.1) is 11.8 Å². The third-order valence-electron chi connectivity index (χ3n) is 3.40. The second-order valence-electron chi connectivity index (χ2n) is 4.63. The van der Waals surface area contributed by atoms with E-state index in [-0.39, 0.29) is 11.8 Å². The van der Waals surface area contributed by atoms with Crippen LogP contribution >= 0.6 is 0 Å². The third kappa shape index (κ3) is 2.70. The maximum atomic E-state index is 11.7. The fourth-order valence-corrected chi connectivity index (χ4v) is 2.15. The number of nitrogens with one attached hydrogen (secondary N) is 1. The Hall–Kier alpha value is -1.84. The van der Waals surface area contributed by atoms with Gasteiger partial charge in [-0.15, -0.1) is 0 Å². The van der Waals surface area contributed by atoms with Crippen molar-refractivity contribution in [1.29, 1.82) is 0 Å². The summed E-state index contributed by atoms with van der Waals surface area (Å²) in [6.45, 7) is 2.55. The van der Waals surface area contributed by atoms with Crippen LogP contribution < -0.4 is 5.32 Å². The van der Waals surface area contributed by atoms with E-state index < -0.39 is 11.9 Å². The Morgan fingerprint density at radius 2 is 1.94 bits per heavy atom. The molecule has 4 heteroatoms. The highest BCUT2D eigenvalue weighted by Crippen LogP contribution is 2.38. The zero-order valence-electron chi connectivity index (χ0n) is 10.3. The van der Waals surface area contributed by atoms with Crippen molar-refractivity contribution in [2.45, 2.75) is 26.3 Å². The number of aliphatic carboxylic acids is 1. The van der Waals surface area contributed by atoms with Crippen LogP contribution in [0.25, 0.3) is 0 Å². The molecule has 2 unspecified atom stereocenters. The van der Waals surface area contributed by atoms with Gasteiger partial charge < -0.3 is 10.4 Å². The van der Waals surface area contributed by atoms with E-state index in [1.54, 1.807) is 0 Å². The molecule has 2 rings (SSSR count). The molecular weight excluding hydrogens is 230 g/mol. The largest absolute Gasteiger partial charge is 0.481 e. The van der Waals surface area contributed by atoms with Gasteiger partial charge in [-0.05, 0) is 24.0 Å². The molecule has 4 nitrogen and oxygen atoms in total. The first kappa shape index (κ1) is 12.6. The van der Waals surface area contributed by atoms with Crippen molar-refractivity contribution in [3.05, 3.63) is 35.4 Å². The fraction of sp³-hybridized carbons (Fsp3) is 0.429. The summed E-state index contributed by atoms with van der Waals surface area (Å²) in [5.41, 5.74) is 2.31. The number of aryl methyl sites for hydroxylation is 1. The molecule has 1 aromatic carbocycles. The fourth-order valence-electron chi connectivity index (χ4n) is 2.15. The van der Waals surface area contributed by atoms with Crippen LogP contribution in [0.2, 0.25) is 0 Å². The summed E-state index contributed by atoms with van der Waals surface area (Å²) in [5, 5.41) is 11.6. The third-order valence-corrected chi connectivity index (χ3v) is 3.40. The summed E-state index contributed by atoms with van der Waals surface area (Å²) in [6.07, 6.45) is 1.39. The van der Waals surface area contributed by atoms with E-state index in [0.717, 1.165) is 12.0 Å². The van der Waals surface area contributed by atoms with E-state index in [2.05, 4.69) is 12.2 Å². The molecule has 0 radical (unpaired) electrons. The predicted molar refractivity (Wildman–Crippen MR) is 66.9 cm³/mol. The molecule has 0 saturated heterocycles. The van der Waals surface area contributed by atoms with Crippen molar-refractivity contribution in [2.75, 3.05) is 0 Å². The molecule has 1 aromatic rings. The molecule has 1 amide bonds. The Labute approximate surface area is 106 Å². The average molecular weight is 247 g/mol. The molecular formula is C14H17NO3. The van der Waals surface area contributed by atoms with Crippen molar-refractivity contribution in [3.63, 3.8) is 0 Å². The van der Waals surface area contributed by atoms with Gasteiger partial charge in [-0.25, -0.2) is 0 Å². The number of hydrogen-bond acceptors (Lipinski definition) is 2. The lowest BCUT2D eigenvalue weighted by atomic mass is 10.1. The normalized spacial score (nSPS) is 21.4. The van der Waals surface area contributed by atoms with Gasteiger partial charge in [0.1, 0.15) is 0 Å². The van der Waals surface area contributed by atoms with Crippen LogP contribution in [0.3, 0.4) is 0 Å². The van der Waals surface area contributed by atoms with E-state index in [0.29, 0.717) is 13.0 Å². The van der Waals surface area contributed by atoms with Gasteiger partial charge >= 0.3 is 5.97 Å². The highest BCUT2D eigenvalue weighted by atomic mass is 16.4. The van der Waals surface area contributed by atoms with Crippen LogP contribution in [0.1, 0.15) is 24.5 Å². The lowest BCUT2D eigenvalue weighted by molar-refractivity contribution is -0.140. The van der Waals surface area contributed by atoms with E-state index in [1.807, 2.05) is 24.3 Å². The quantitative estimate of drug-likeness (QED) is 0.830. The maximum Gasteiger partial charge on any atom is 0.307 e. The molecule has 2 N–H and O–H groups in total. The maximum absolute atomic E-state index is 11.7. The number of hydrogen-bond donors (Lipinski definition) is 2. The number of rotatable bonds is 5. The first-order valence-corrected chi connectivity index (χ1v) is 6.20. The number of carbonyl (C=O) groups is 2. The molecule has 96 valence electrons. The molecule has 0 spiro atoms. The van der Waals surface area contributed by atoms with E-state index in [4.69, 9.17) is 5.11 Å². The minimum absolute atomic E-state index is 0.145. The van der Waals surface area contributed by atoms with Gasteiger partial charge in [-0.2, -0.15) is 0 Å². The van der Waals surface area contributed by atoms with Crippen LogP contribution in [0.4, 0.5) is 0 Å². The molecule has 1 aliphatic rings. The van der Waals surface area contributed by atoms with Crippen molar-refractivity contribution < 1.29 is 14.7 Å². The monoisotopic (exact) mass is 247 g/mol. The SMILES string of the molecule is CCc1ccccc1CNC(=O)C1CC1C(=O)O. The summed E-state index contributed by atoms with van der Waals surface area (Å²) >= 11 is 0. The molecule has 1 fully saturated rings. The molecule has 18 heavy (non-hydrogen) atoms. The highest BCUT2D eigenvalue weighted by molar-refractivity contribution is 5.89. The Morgan fingerprint density at radius 3 is 2.50 bits per heavy atom. The van der Waals surface area contributed by atoms with Gasteiger partial charge in [-0.3, -0.25) is 9.59 Å². The predicted octanol–water partition coefficient (Wildman–Crippen LogP) is 1.59. The summed E-state index contributed by atoms with van der Waals surface area (Å²) in [4.78, 5) is 22.4. The topological polar surface area (TPSA) is 66.4 Å². The highest BCUT2D eigenvalue weighted by Gasteiger charge is 2.48. The lowest BCUT2D eigenvalue weighted by Gasteiger charge is -2.08. The molecule has 0 aromatic heterocycles. The lowest BCUT2D eigenvalue weighted by Crippen LogP contribution is -2.26. The Balaban J connectivity index is 1.89. The molecule has 2 atom stereocenters. The van der Waals surface area contributed by atoms with Crippen LogP contribution in [-0.2, 0) is 22.6 Å². The summed E-state index contributed by atoms with van der Waals surface area (Å²) in [7, 11) is 0. The van der Waals surface area contributed by atoms with Gasteiger partial charge in [0.15, 0.2) is 0 Å². The molecule has 0 aliphatic heterocycles. The smallest absolute Gasteiger partial charge is 0.307 e. The number of carbonyl (C=O) groups excluding carboxylic acids is 1. The van der Waals surface area contributed by atoms with E-state index in [1.165, 1.54) is 5.56 Å². The van der Waals surface area contributed by atoms with Crippen LogP contribution in [-0.4, -0.2) is 17.0 Å². The number of benzene rings is 1. The minimum Gasteiger partial charge on any atom is -0.481 e. The van der Waals surface area contributed by atoms with Gasteiger partial charge in [0.2, 0.25) is 5.91 Å². The van der Waals surface area contributed by atoms with Crippen molar-refractivity contribution in [1.82, 2.24) is 5.32 Å². The Morgan fingerprint density at radius 1 is 1.28 bits per heavy atom. The zero-order valence-corrected chi connectivity index (χ0v) is 10.3. The van der Waals surface area contributed by atoms with Gasteiger partial charge in [0.05, 0.1) is 11.8 Å². The van der Waals surface area contributed by atoms with Crippen molar-refractivity contribution in [3.8, 4) is 0 Å². The molecule has 1 saturated carbocycles. The number of carboxylic acids is 1. The second kappa shape index (κ2) is 5.21. The average Bonchev–Trinajstić information content (AvgIpc) is 3.16. The Bertz CT molecular complexity index is 470. The van der Waals surface area contributed by atoms with Gasteiger partial charge in [0.25, 0.3) is 0 Å². The second-order valence-corrected chi connectivity index (χ2v) is 4.63. The molecule has 1 aliphatic carbocycles. The summed E-state index contributed by atoms with van der Waals surface area (Å²) in [6, 6.07) is 7.95. The molecule has 0 bridgehead atoms. The van der Waals surface area contributed by atoms with E-state index in [9.17, 15) is 9.59 Å². The summed E-state index contributed by atoms with van der Waals surface area (Å²) in [5.74, 6) is -1.83. The summed E-state index contributed by atoms with van der Waals surface area (Å²) < 4.78 is 0. The van der Waals surface area contributed by atoms with Gasteiger partial charge in [-0.1, -0.05) is 31.2 Å². The zero-order chi connectivity index (χ0) is 13.1. The van der Waals surface area contributed by atoms with Gasteiger partial charge in [0, 0.05) is 6.54 Å². The first-order chi connectivity index (χ1) is 8.63. The van der Waals surface area contributed by atoms with Crippen LogP contribution in [0.15, 0.2) is 24.3 Å². The number of amides is 1. The standard InChI is InChI=1S/C14H17NO3/c1-2-9-5-3-4-6-10(9)8-15-13(16)11-7-12(11)14(17)18/h3-6,11-12H,2,7-8H2,1H3,(H,15,16)(H,17,18). The van der Waals surface area contributed by atoms with E-state index >= 15 is 0 Å².